The summed E-state index contributed by atoms with van der Waals surface area (Å²) in [6.07, 6.45) is 4.57. The molecule has 98 valence electrons. The summed E-state index contributed by atoms with van der Waals surface area (Å²) in [6.45, 7) is 3.04. The Kier molecular flexibility index (Phi) is 3.93. The zero-order valence-electron chi connectivity index (χ0n) is 10.6. The third kappa shape index (κ3) is 2.86. The van der Waals surface area contributed by atoms with E-state index in [-0.39, 0.29) is 11.9 Å². The molecule has 0 spiro atoms. The predicted molar refractivity (Wildman–Crippen MR) is 67.8 cm³/mol. The molecule has 1 aliphatic heterocycles. The van der Waals surface area contributed by atoms with Crippen LogP contribution in [0, 0.1) is 0 Å². The highest BCUT2D eigenvalue weighted by molar-refractivity contribution is 5.86. The number of carbonyl (C=O) groups is 1. The van der Waals surface area contributed by atoms with Crippen LogP contribution in [0.25, 0.3) is 0 Å². The van der Waals surface area contributed by atoms with Crippen molar-refractivity contribution < 1.29 is 9.53 Å². The summed E-state index contributed by atoms with van der Waals surface area (Å²) in [5.41, 5.74) is 6.35. The SMILES string of the molecule is C[C@H](NC(=O)C1(N)CCOCC1)c1ccncc1. The molecule has 0 saturated carbocycles. The average Bonchev–Trinajstić information content (AvgIpc) is 2.40. The monoisotopic (exact) mass is 249 g/mol. The van der Waals surface area contributed by atoms with Crippen LogP contribution in [-0.4, -0.2) is 29.6 Å². The highest BCUT2D eigenvalue weighted by atomic mass is 16.5. The number of amides is 1. The molecule has 1 aliphatic rings. The summed E-state index contributed by atoms with van der Waals surface area (Å²) in [4.78, 5) is 16.2. The maximum Gasteiger partial charge on any atom is 0.240 e. The van der Waals surface area contributed by atoms with Crippen molar-refractivity contribution in [2.75, 3.05) is 13.2 Å². The summed E-state index contributed by atoms with van der Waals surface area (Å²) >= 11 is 0. The number of nitrogens with zero attached hydrogens (tertiary/aromatic N) is 1. The molecule has 1 amide bonds. The van der Waals surface area contributed by atoms with E-state index in [4.69, 9.17) is 10.5 Å². The van der Waals surface area contributed by atoms with E-state index in [0.29, 0.717) is 26.1 Å². The first-order valence-electron chi connectivity index (χ1n) is 6.19. The van der Waals surface area contributed by atoms with Gasteiger partial charge in [-0.2, -0.15) is 0 Å². The standard InChI is InChI=1S/C13H19N3O2/c1-10(11-2-6-15-7-3-11)16-12(17)13(14)4-8-18-9-5-13/h2-3,6-7,10H,4-5,8-9,14H2,1H3,(H,16,17)/t10-/m0/s1. The van der Waals surface area contributed by atoms with Crippen LogP contribution in [0.3, 0.4) is 0 Å². The molecule has 2 heterocycles. The molecule has 1 atom stereocenters. The zero-order chi connectivity index (χ0) is 13.0. The second-order valence-corrected chi connectivity index (χ2v) is 4.74. The Morgan fingerprint density at radius 2 is 2.06 bits per heavy atom. The predicted octanol–water partition coefficient (Wildman–Crippen LogP) is 0.767. The third-order valence-corrected chi connectivity index (χ3v) is 3.39. The van der Waals surface area contributed by atoms with Crippen LogP contribution in [0.4, 0.5) is 0 Å². The van der Waals surface area contributed by atoms with Crippen LogP contribution in [0.5, 0.6) is 0 Å². The molecule has 0 unspecified atom stereocenters. The number of aromatic nitrogens is 1. The van der Waals surface area contributed by atoms with Crippen LogP contribution in [0.2, 0.25) is 0 Å². The minimum absolute atomic E-state index is 0.0660. The molecule has 18 heavy (non-hydrogen) atoms. The summed E-state index contributed by atoms with van der Waals surface area (Å²) in [7, 11) is 0. The number of nitrogens with one attached hydrogen (secondary N) is 1. The van der Waals surface area contributed by atoms with Crippen LogP contribution in [0.1, 0.15) is 31.4 Å². The highest BCUT2D eigenvalue weighted by Gasteiger charge is 2.36. The Labute approximate surface area is 107 Å². The normalized spacial score (nSPS) is 20.1. The van der Waals surface area contributed by atoms with Crippen molar-refractivity contribution in [1.82, 2.24) is 10.3 Å². The van der Waals surface area contributed by atoms with Gasteiger partial charge in [0.1, 0.15) is 0 Å². The van der Waals surface area contributed by atoms with Gasteiger partial charge in [0, 0.05) is 25.6 Å². The Morgan fingerprint density at radius 1 is 1.44 bits per heavy atom. The van der Waals surface area contributed by atoms with Gasteiger partial charge in [-0.15, -0.1) is 0 Å². The molecular formula is C13H19N3O2. The largest absolute Gasteiger partial charge is 0.381 e. The van der Waals surface area contributed by atoms with Gasteiger partial charge in [0.2, 0.25) is 5.91 Å². The third-order valence-electron chi connectivity index (χ3n) is 3.39. The van der Waals surface area contributed by atoms with Crippen molar-refractivity contribution in [3.63, 3.8) is 0 Å². The fraction of sp³-hybridized carbons (Fsp3) is 0.538. The first-order chi connectivity index (χ1) is 8.62. The summed E-state index contributed by atoms with van der Waals surface area (Å²) in [5.74, 6) is -0.102. The fourth-order valence-electron chi connectivity index (χ4n) is 2.04. The van der Waals surface area contributed by atoms with Gasteiger partial charge in [0.15, 0.2) is 0 Å². The summed E-state index contributed by atoms with van der Waals surface area (Å²) < 4.78 is 5.24. The molecule has 1 aromatic heterocycles. The fourth-order valence-corrected chi connectivity index (χ4v) is 2.04. The number of nitrogens with two attached hydrogens (primary N) is 1. The van der Waals surface area contributed by atoms with E-state index in [2.05, 4.69) is 10.3 Å². The van der Waals surface area contributed by atoms with Gasteiger partial charge in [-0.25, -0.2) is 0 Å². The zero-order valence-corrected chi connectivity index (χ0v) is 10.6. The van der Waals surface area contributed by atoms with Crippen molar-refractivity contribution >= 4 is 5.91 Å². The first kappa shape index (κ1) is 13.0. The van der Waals surface area contributed by atoms with E-state index in [1.54, 1.807) is 12.4 Å². The lowest BCUT2D eigenvalue weighted by Crippen LogP contribution is -2.57. The lowest BCUT2D eigenvalue weighted by atomic mass is 9.90. The number of pyridine rings is 1. The van der Waals surface area contributed by atoms with Crippen molar-refractivity contribution in [3.8, 4) is 0 Å². The van der Waals surface area contributed by atoms with Crippen LogP contribution in [-0.2, 0) is 9.53 Å². The van der Waals surface area contributed by atoms with E-state index in [9.17, 15) is 4.79 Å². The first-order valence-corrected chi connectivity index (χ1v) is 6.19. The highest BCUT2D eigenvalue weighted by Crippen LogP contribution is 2.20. The molecule has 1 fully saturated rings. The minimum atomic E-state index is -0.792. The van der Waals surface area contributed by atoms with Gasteiger partial charge in [-0.3, -0.25) is 9.78 Å². The van der Waals surface area contributed by atoms with E-state index >= 15 is 0 Å². The van der Waals surface area contributed by atoms with Gasteiger partial charge >= 0.3 is 0 Å². The summed E-state index contributed by atoms with van der Waals surface area (Å²) in [5, 5.41) is 2.96. The van der Waals surface area contributed by atoms with Crippen molar-refractivity contribution in [2.45, 2.75) is 31.3 Å². The molecule has 2 rings (SSSR count). The number of carbonyl (C=O) groups excluding carboxylic acids is 1. The smallest absolute Gasteiger partial charge is 0.240 e. The molecule has 1 aromatic rings. The molecule has 5 nitrogen and oxygen atoms in total. The lowest BCUT2D eigenvalue weighted by Gasteiger charge is -2.33. The number of hydrogen-bond acceptors (Lipinski definition) is 4. The minimum Gasteiger partial charge on any atom is -0.381 e. The van der Waals surface area contributed by atoms with E-state index in [1.165, 1.54) is 0 Å². The lowest BCUT2D eigenvalue weighted by molar-refractivity contribution is -0.130. The van der Waals surface area contributed by atoms with E-state index in [0.717, 1.165) is 5.56 Å². The number of hydrogen-bond donors (Lipinski definition) is 2. The average molecular weight is 249 g/mol. The molecule has 0 aromatic carbocycles. The molecule has 1 saturated heterocycles. The Hall–Kier alpha value is -1.46. The molecule has 5 heteroatoms. The van der Waals surface area contributed by atoms with Crippen LogP contribution < -0.4 is 11.1 Å². The number of ether oxygens (including phenoxy) is 1. The molecule has 0 bridgehead atoms. The van der Waals surface area contributed by atoms with Crippen molar-refractivity contribution in [2.24, 2.45) is 5.73 Å². The van der Waals surface area contributed by atoms with Gasteiger partial charge < -0.3 is 15.8 Å². The Morgan fingerprint density at radius 3 is 2.67 bits per heavy atom. The van der Waals surface area contributed by atoms with Gasteiger partial charge in [0.05, 0.1) is 11.6 Å². The van der Waals surface area contributed by atoms with Crippen LogP contribution in [0.15, 0.2) is 24.5 Å². The summed E-state index contributed by atoms with van der Waals surface area (Å²) in [6, 6.07) is 3.71. The molecule has 0 aliphatic carbocycles. The van der Waals surface area contributed by atoms with Crippen molar-refractivity contribution in [1.29, 1.82) is 0 Å². The number of rotatable bonds is 3. The molecular weight excluding hydrogens is 230 g/mol. The van der Waals surface area contributed by atoms with E-state index in [1.807, 2.05) is 19.1 Å². The van der Waals surface area contributed by atoms with E-state index < -0.39 is 5.54 Å². The van der Waals surface area contributed by atoms with Gasteiger partial charge in [0.25, 0.3) is 0 Å². The van der Waals surface area contributed by atoms with Crippen LogP contribution >= 0.6 is 0 Å². The van der Waals surface area contributed by atoms with Gasteiger partial charge in [-0.1, -0.05) is 0 Å². The maximum atomic E-state index is 12.2. The topological polar surface area (TPSA) is 77.2 Å². The second kappa shape index (κ2) is 5.46. The molecule has 3 N–H and O–H groups in total. The second-order valence-electron chi connectivity index (χ2n) is 4.74. The maximum absolute atomic E-state index is 12.2. The van der Waals surface area contributed by atoms with Gasteiger partial charge in [-0.05, 0) is 37.5 Å². The Balaban J connectivity index is 1.98. The Bertz CT molecular complexity index is 402. The van der Waals surface area contributed by atoms with Crippen molar-refractivity contribution in [3.05, 3.63) is 30.1 Å². The quantitative estimate of drug-likeness (QED) is 0.829. The molecule has 0 radical (unpaired) electrons.